The van der Waals surface area contributed by atoms with Crippen molar-refractivity contribution in [1.82, 2.24) is 5.32 Å². The number of hydrogen-bond acceptors (Lipinski definition) is 2. The van der Waals surface area contributed by atoms with Crippen LogP contribution in [0.2, 0.25) is 0 Å². The summed E-state index contributed by atoms with van der Waals surface area (Å²) in [6.45, 7) is 2.02. The normalized spacial score (nSPS) is 18.9. The topological polar surface area (TPSA) is 32.3 Å². The molecule has 1 saturated carbocycles. The van der Waals surface area contributed by atoms with Gasteiger partial charge in [0.15, 0.2) is 0 Å². The molecule has 2 N–H and O–H groups in total. The number of nitrogens with one attached hydrogen (secondary N) is 1. The van der Waals surface area contributed by atoms with Crippen LogP contribution in [-0.4, -0.2) is 17.8 Å². The maximum absolute atomic E-state index is 12.8. The third-order valence-electron chi connectivity index (χ3n) is 3.69. The van der Waals surface area contributed by atoms with Crippen LogP contribution in [0.15, 0.2) is 24.3 Å². The summed E-state index contributed by atoms with van der Waals surface area (Å²) in [5, 5.41) is 12.3. The zero-order valence-electron chi connectivity index (χ0n) is 11.5. The summed E-state index contributed by atoms with van der Waals surface area (Å²) >= 11 is 0. The molecule has 20 heavy (non-hydrogen) atoms. The molecule has 2 nitrogen and oxygen atoms in total. The molecule has 1 aliphatic carbocycles. The van der Waals surface area contributed by atoms with E-state index < -0.39 is 11.7 Å². The summed E-state index contributed by atoms with van der Waals surface area (Å²) in [4.78, 5) is 0. The summed E-state index contributed by atoms with van der Waals surface area (Å²) in [6, 6.07) is 5.58. The standard InChI is InChI=1S/C15H20F3NO/c1-10(7-8-20)19-14(11-5-6-11)12-3-2-4-13(9-12)15(16,17)18/h2-4,9-11,14,19-20H,5-8H2,1H3/t10-,14?/m1/s1. The molecule has 0 radical (unpaired) electrons. The van der Waals surface area contributed by atoms with E-state index in [-0.39, 0.29) is 18.7 Å². The maximum Gasteiger partial charge on any atom is 0.416 e. The van der Waals surface area contributed by atoms with Crippen molar-refractivity contribution in [2.45, 2.75) is 44.4 Å². The molecular weight excluding hydrogens is 267 g/mol. The van der Waals surface area contributed by atoms with Gasteiger partial charge in [-0.2, -0.15) is 13.2 Å². The lowest BCUT2D eigenvalue weighted by atomic mass is 9.98. The third-order valence-corrected chi connectivity index (χ3v) is 3.69. The lowest BCUT2D eigenvalue weighted by Crippen LogP contribution is -2.32. The Morgan fingerprint density at radius 3 is 2.60 bits per heavy atom. The largest absolute Gasteiger partial charge is 0.416 e. The molecule has 0 heterocycles. The number of aliphatic hydroxyl groups is 1. The van der Waals surface area contributed by atoms with E-state index >= 15 is 0 Å². The van der Waals surface area contributed by atoms with Gasteiger partial charge in [-0.3, -0.25) is 0 Å². The van der Waals surface area contributed by atoms with Gasteiger partial charge >= 0.3 is 6.18 Å². The van der Waals surface area contributed by atoms with E-state index in [9.17, 15) is 13.2 Å². The van der Waals surface area contributed by atoms with E-state index in [0.29, 0.717) is 17.9 Å². The number of benzene rings is 1. The second-order valence-corrected chi connectivity index (χ2v) is 5.52. The summed E-state index contributed by atoms with van der Waals surface area (Å²) in [5.74, 6) is 0.402. The minimum absolute atomic E-state index is 0.0566. The molecule has 1 unspecified atom stereocenters. The average molecular weight is 287 g/mol. The monoisotopic (exact) mass is 287 g/mol. The van der Waals surface area contributed by atoms with Gasteiger partial charge in [0.05, 0.1) is 5.56 Å². The molecule has 0 amide bonds. The molecular formula is C15H20F3NO. The zero-order valence-corrected chi connectivity index (χ0v) is 11.5. The van der Waals surface area contributed by atoms with Crippen LogP contribution in [0.1, 0.15) is 43.4 Å². The molecule has 1 aliphatic rings. The van der Waals surface area contributed by atoms with Gasteiger partial charge in [0.1, 0.15) is 0 Å². The van der Waals surface area contributed by atoms with E-state index in [2.05, 4.69) is 5.32 Å². The van der Waals surface area contributed by atoms with E-state index in [1.807, 2.05) is 6.92 Å². The molecule has 0 spiro atoms. The van der Waals surface area contributed by atoms with Gasteiger partial charge in [-0.25, -0.2) is 0 Å². The summed E-state index contributed by atoms with van der Waals surface area (Å²) in [5.41, 5.74) is 0.0874. The zero-order chi connectivity index (χ0) is 14.8. The number of rotatable bonds is 6. The van der Waals surface area contributed by atoms with Crippen LogP contribution < -0.4 is 5.32 Å². The number of hydrogen-bond donors (Lipinski definition) is 2. The van der Waals surface area contributed by atoms with Gasteiger partial charge in [0, 0.05) is 18.7 Å². The lowest BCUT2D eigenvalue weighted by Gasteiger charge is -2.24. The third kappa shape index (κ3) is 3.96. The van der Waals surface area contributed by atoms with Gasteiger partial charge in [0.2, 0.25) is 0 Å². The van der Waals surface area contributed by atoms with Crippen LogP contribution in [0, 0.1) is 5.92 Å². The fraction of sp³-hybridized carbons (Fsp3) is 0.600. The molecule has 0 aliphatic heterocycles. The van der Waals surface area contributed by atoms with Crippen LogP contribution in [-0.2, 0) is 6.18 Å². The van der Waals surface area contributed by atoms with Gasteiger partial charge in [-0.05, 0) is 49.8 Å². The lowest BCUT2D eigenvalue weighted by molar-refractivity contribution is -0.137. The van der Waals surface area contributed by atoms with Crippen molar-refractivity contribution in [3.05, 3.63) is 35.4 Å². The fourth-order valence-electron chi connectivity index (χ4n) is 2.43. The van der Waals surface area contributed by atoms with Gasteiger partial charge in [-0.15, -0.1) is 0 Å². The molecule has 0 aromatic heterocycles. The Morgan fingerprint density at radius 2 is 2.05 bits per heavy atom. The quantitative estimate of drug-likeness (QED) is 0.839. The molecule has 0 saturated heterocycles. The molecule has 2 atom stereocenters. The first kappa shape index (κ1) is 15.3. The summed E-state index contributed by atoms with van der Waals surface area (Å²) in [7, 11) is 0. The van der Waals surface area contributed by atoms with Crippen molar-refractivity contribution < 1.29 is 18.3 Å². The fourth-order valence-corrected chi connectivity index (χ4v) is 2.43. The Labute approximate surface area is 117 Å². The first-order valence-corrected chi connectivity index (χ1v) is 6.96. The molecule has 5 heteroatoms. The Bertz CT molecular complexity index is 443. The van der Waals surface area contributed by atoms with E-state index in [1.165, 1.54) is 12.1 Å². The molecule has 1 aromatic carbocycles. The average Bonchev–Trinajstić information content (AvgIpc) is 3.20. The Kier molecular flexibility index (Phi) is 4.70. The van der Waals surface area contributed by atoms with Crippen molar-refractivity contribution in [1.29, 1.82) is 0 Å². The molecule has 112 valence electrons. The first-order valence-electron chi connectivity index (χ1n) is 6.96. The summed E-state index contributed by atoms with van der Waals surface area (Å²) in [6.07, 6.45) is -1.62. The summed E-state index contributed by atoms with van der Waals surface area (Å²) < 4.78 is 38.3. The van der Waals surface area contributed by atoms with Gasteiger partial charge in [0.25, 0.3) is 0 Å². The second-order valence-electron chi connectivity index (χ2n) is 5.52. The number of alkyl halides is 3. The first-order chi connectivity index (χ1) is 9.41. The highest BCUT2D eigenvalue weighted by molar-refractivity contribution is 5.29. The SMILES string of the molecule is C[C@H](CCO)NC(c1cccc(C(F)(F)F)c1)C1CC1. The van der Waals surface area contributed by atoms with Gasteiger partial charge < -0.3 is 10.4 Å². The van der Waals surface area contributed by atoms with Crippen molar-refractivity contribution in [2.24, 2.45) is 5.92 Å². The van der Waals surface area contributed by atoms with Crippen molar-refractivity contribution in [3.63, 3.8) is 0 Å². The Hall–Kier alpha value is -1.07. The highest BCUT2D eigenvalue weighted by Gasteiger charge is 2.35. The Balaban J connectivity index is 2.17. The minimum Gasteiger partial charge on any atom is -0.396 e. The van der Waals surface area contributed by atoms with Crippen LogP contribution in [0.5, 0.6) is 0 Å². The van der Waals surface area contributed by atoms with Crippen LogP contribution >= 0.6 is 0 Å². The predicted octanol–water partition coefficient (Wildman–Crippen LogP) is 3.52. The van der Waals surface area contributed by atoms with Gasteiger partial charge in [-0.1, -0.05) is 12.1 Å². The van der Waals surface area contributed by atoms with Crippen molar-refractivity contribution in [3.8, 4) is 0 Å². The maximum atomic E-state index is 12.8. The number of halogens is 3. The van der Waals surface area contributed by atoms with Crippen LogP contribution in [0.4, 0.5) is 13.2 Å². The molecule has 2 rings (SSSR count). The van der Waals surface area contributed by atoms with E-state index in [0.717, 1.165) is 18.9 Å². The van der Waals surface area contributed by atoms with E-state index in [1.54, 1.807) is 6.07 Å². The van der Waals surface area contributed by atoms with E-state index in [4.69, 9.17) is 5.11 Å². The second kappa shape index (κ2) is 6.14. The van der Waals surface area contributed by atoms with Crippen molar-refractivity contribution >= 4 is 0 Å². The van der Waals surface area contributed by atoms with Crippen LogP contribution in [0.25, 0.3) is 0 Å². The molecule has 1 fully saturated rings. The predicted molar refractivity (Wildman–Crippen MR) is 71.2 cm³/mol. The Morgan fingerprint density at radius 1 is 1.35 bits per heavy atom. The smallest absolute Gasteiger partial charge is 0.396 e. The number of aliphatic hydroxyl groups excluding tert-OH is 1. The highest BCUT2D eigenvalue weighted by atomic mass is 19.4. The molecule has 1 aromatic rings. The van der Waals surface area contributed by atoms with Crippen molar-refractivity contribution in [2.75, 3.05) is 6.61 Å². The highest BCUT2D eigenvalue weighted by Crippen LogP contribution is 2.42. The minimum atomic E-state index is -4.30. The van der Waals surface area contributed by atoms with Crippen LogP contribution in [0.3, 0.4) is 0 Å². The molecule has 0 bridgehead atoms.